The van der Waals surface area contributed by atoms with E-state index in [4.69, 9.17) is 4.74 Å². The van der Waals surface area contributed by atoms with Crippen LogP contribution in [0.4, 0.5) is 11.4 Å². The number of para-hydroxylation sites is 2. The molecule has 2 unspecified atom stereocenters. The number of carbonyl (C=O) groups is 1. The van der Waals surface area contributed by atoms with Gasteiger partial charge in [0.25, 0.3) is 0 Å². The fraction of sp³-hybridized carbons (Fsp3) is 0.300. The van der Waals surface area contributed by atoms with Crippen molar-refractivity contribution in [1.82, 2.24) is 0 Å². The number of benzene rings is 3. The molecule has 5 nitrogen and oxygen atoms in total. The number of phenolic OH excluding ortho intramolecular Hbond substituents is 1. The number of hydrogen-bond donors (Lipinski definition) is 2. The molecular weight excluding hydrogens is 438 g/mol. The highest BCUT2D eigenvalue weighted by Gasteiger charge is 2.44. The SMILES string of the molecule is O=C1OC(C2CCCC2)C(CCc2ccc(O)cc2)C(O)=C1N(c1ccccc1)c1ccccc1. The molecule has 0 aromatic heterocycles. The zero-order valence-electron chi connectivity index (χ0n) is 19.7. The van der Waals surface area contributed by atoms with Gasteiger partial charge in [0, 0.05) is 11.4 Å². The van der Waals surface area contributed by atoms with Crippen molar-refractivity contribution in [2.45, 2.75) is 44.6 Å². The second-order valence-corrected chi connectivity index (χ2v) is 9.47. The minimum absolute atomic E-state index is 0.102. The highest BCUT2D eigenvalue weighted by atomic mass is 16.5. The minimum Gasteiger partial charge on any atom is -0.509 e. The Morgan fingerprint density at radius 3 is 1.94 bits per heavy atom. The molecule has 5 rings (SSSR count). The number of cyclic esters (lactones) is 1. The number of ether oxygens (including phenoxy) is 1. The van der Waals surface area contributed by atoms with Crippen LogP contribution in [0, 0.1) is 11.8 Å². The van der Waals surface area contributed by atoms with Gasteiger partial charge in [0.05, 0.1) is 5.92 Å². The molecule has 3 aromatic rings. The zero-order chi connectivity index (χ0) is 24.2. The predicted octanol–water partition coefficient (Wildman–Crippen LogP) is 6.66. The van der Waals surface area contributed by atoms with Gasteiger partial charge in [-0.1, -0.05) is 61.4 Å². The second kappa shape index (κ2) is 10.3. The molecule has 0 spiro atoms. The van der Waals surface area contributed by atoms with Crippen LogP contribution in [0.25, 0.3) is 0 Å². The predicted molar refractivity (Wildman–Crippen MR) is 136 cm³/mol. The highest BCUT2D eigenvalue weighted by Crippen LogP contribution is 2.43. The number of aliphatic hydroxyl groups excluding tert-OH is 1. The van der Waals surface area contributed by atoms with Crippen LogP contribution in [-0.2, 0) is 16.0 Å². The monoisotopic (exact) mass is 469 g/mol. The summed E-state index contributed by atoms with van der Waals surface area (Å²) in [5, 5.41) is 21.4. The Morgan fingerprint density at radius 2 is 1.37 bits per heavy atom. The van der Waals surface area contributed by atoms with Gasteiger partial charge in [0.15, 0.2) is 5.70 Å². The summed E-state index contributed by atoms with van der Waals surface area (Å²) in [5.41, 5.74) is 2.83. The third-order valence-electron chi connectivity index (χ3n) is 7.22. The Hall–Kier alpha value is -3.73. The minimum atomic E-state index is -0.479. The van der Waals surface area contributed by atoms with Crippen molar-refractivity contribution >= 4 is 17.3 Å². The first-order valence-corrected chi connectivity index (χ1v) is 12.4. The van der Waals surface area contributed by atoms with E-state index in [1.54, 1.807) is 17.0 Å². The van der Waals surface area contributed by atoms with Gasteiger partial charge in [0.2, 0.25) is 0 Å². The smallest absolute Gasteiger partial charge is 0.359 e. The van der Waals surface area contributed by atoms with Crippen LogP contribution >= 0.6 is 0 Å². The Morgan fingerprint density at radius 1 is 0.800 bits per heavy atom. The lowest BCUT2D eigenvalue weighted by molar-refractivity contribution is -0.154. The van der Waals surface area contributed by atoms with Crippen LogP contribution in [0.15, 0.2) is 96.4 Å². The van der Waals surface area contributed by atoms with Crippen molar-refractivity contribution in [2.24, 2.45) is 11.8 Å². The maximum atomic E-state index is 13.5. The molecule has 0 amide bonds. The van der Waals surface area contributed by atoms with Crippen LogP contribution in [0.5, 0.6) is 5.75 Å². The number of hydrogen-bond acceptors (Lipinski definition) is 5. The first-order valence-electron chi connectivity index (χ1n) is 12.4. The van der Waals surface area contributed by atoms with Gasteiger partial charge in [-0.15, -0.1) is 0 Å². The fourth-order valence-electron chi connectivity index (χ4n) is 5.46. The number of aryl methyl sites for hydroxylation is 1. The van der Waals surface area contributed by atoms with E-state index in [1.807, 2.05) is 72.8 Å². The molecule has 0 radical (unpaired) electrons. The third-order valence-corrected chi connectivity index (χ3v) is 7.22. The van der Waals surface area contributed by atoms with E-state index in [2.05, 4.69) is 0 Å². The van der Waals surface area contributed by atoms with E-state index in [0.29, 0.717) is 12.8 Å². The van der Waals surface area contributed by atoms with Crippen molar-refractivity contribution in [1.29, 1.82) is 0 Å². The molecule has 1 fully saturated rings. The standard InChI is InChI=1S/C30H31NO4/c32-25-18-15-21(16-19-25)17-20-26-28(33)27(30(34)35-29(26)22-9-7-8-10-22)31(23-11-3-1-4-12-23)24-13-5-2-6-14-24/h1-6,11-16,18-19,22,26,29,32-33H,7-10,17,20H2. The molecule has 180 valence electrons. The lowest BCUT2D eigenvalue weighted by Crippen LogP contribution is -2.43. The molecule has 1 aliphatic carbocycles. The summed E-state index contributed by atoms with van der Waals surface area (Å²) in [5.74, 6) is -0.183. The van der Waals surface area contributed by atoms with Crippen LogP contribution in [0.2, 0.25) is 0 Å². The number of anilines is 2. The number of nitrogens with zero attached hydrogens (tertiary/aromatic N) is 1. The Labute approximate surface area is 206 Å². The van der Waals surface area contributed by atoms with Crippen molar-refractivity contribution in [3.05, 3.63) is 102 Å². The van der Waals surface area contributed by atoms with Crippen LogP contribution < -0.4 is 4.90 Å². The third kappa shape index (κ3) is 4.90. The molecule has 0 bridgehead atoms. The number of carbonyl (C=O) groups excluding carboxylic acids is 1. The molecule has 1 aliphatic heterocycles. The summed E-state index contributed by atoms with van der Waals surface area (Å²) in [6.07, 6.45) is 5.29. The quantitative estimate of drug-likeness (QED) is 0.379. The topological polar surface area (TPSA) is 70.0 Å². The van der Waals surface area contributed by atoms with Gasteiger partial charge in [-0.2, -0.15) is 0 Å². The lowest BCUT2D eigenvalue weighted by atomic mass is 9.82. The van der Waals surface area contributed by atoms with Crippen molar-refractivity contribution in [2.75, 3.05) is 4.90 Å². The van der Waals surface area contributed by atoms with E-state index >= 15 is 0 Å². The number of aliphatic hydroxyl groups is 1. The molecule has 2 aliphatic rings. The summed E-state index contributed by atoms with van der Waals surface area (Å²) >= 11 is 0. The molecule has 2 atom stereocenters. The van der Waals surface area contributed by atoms with Crippen LogP contribution in [-0.4, -0.2) is 22.3 Å². The molecule has 0 saturated heterocycles. The van der Waals surface area contributed by atoms with Crippen molar-refractivity contribution < 1.29 is 19.7 Å². The van der Waals surface area contributed by atoms with E-state index in [1.165, 1.54) is 0 Å². The van der Waals surface area contributed by atoms with Gasteiger partial charge >= 0.3 is 5.97 Å². The number of aromatic hydroxyl groups is 1. The van der Waals surface area contributed by atoms with E-state index in [-0.39, 0.29) is 35.1 Å². The summed E-state index contributed by atoms with van der Waals surface area (Å²) in [6.45, 7) is 0. The van der Waals surface area contributed by atoms with Gasteiger partial charge < -0.3 is 19.8 Å². The maximum absolute atomic E-state index is 13.5. The number of phenols is 1. The molecule has 1 heterocycles. The summed E-state index contributed by atoms with van der Waals surface area (Å²) < 4.78 is 6.16. The van der Waals surface area contributed by atoms with E-state index in [9.17, 15) is 15.0 Å². The highest BCUT2D eigenvalue weighted by molar-refractivity contribution is 5.97. The first-order chi connectivity index (χ1) is 17.1. The van der Waals surface area contributed by atoms with Crippen molar-refractivity contribution in [3.63, 3.8) is 0 Å². The summed E-state index contributed by atoms with van der Waals surface area (Å²) in [4.78, 5) is 15.3. The number of esters is 1. The van der Waals surface area contributed by atoms with Gasteiger partial charge in [-0.05, 0) is 73.6 Å². The summed E-state index contributed by atoms with van der Waals surface area (Å²) in [7, 11) is 0. The molecule has 1 saturated carbocycles. The molecule has 5 heteroatoms. The molecule has 3 aromatic carbocycles. The Balaban J connectivity index is 1.55. The summed E-state index contributed by atoms with van der Waals surface area (Å²) in [6, 6.07) is 26.4. The van der Waals surface area contributed by atoms with Crippen LogP contribution in [0.3, 0.4) is 0 Å². The average Bonchev–Trinajstić information content (AvgIpc) is 3.43. The maximum Gasteiger partial charge on any atom is 0.359 e. The second-order valence-electron chi connectivity index (χ2n) is 9.47. The normalized spacial score (nSPS) is 20.6. The Bertz CT molecular complexity index is 1130. The zero-order valence-corrected chi connectivity index (χ0v) is 19.7. The fourth-order valence-corrected chi connectivity index (χ4v) is 5.46. The van der Waals surface area contributed by atoms with E-state index < -0.39 is 5.97 Å². The van der Waals surface area contributed by atoms with E-state index in [0.717, 1.165) is 42.6 Å². The first kappa shape index (κ1) is 23.0. The average molecular weight is 470 g/mol. The lowest BCUT2D eigenvalue weighted by Gasteiger charge is -2.39. The molecule has 35 heavy (non-hydrogen) atoms. The largest absolute Gasteiger partial charge is 0.509 e. The molecule has 2 N–H and O–H groups in total. The Kier molecular flexibility index (Phi) is 6.75. The van der Waals surface area contributed by atoms with Gasteiger partial charge in [0.1, 0.15) is 17.6 Å². The van der Waals surface area contributed by atoms with Crippen LogP contribution in [0.1, 0.15) is 37.7 Å². The van der Waals surface area contributed by atoms with Crippen molar-refractivity contribution in [3.8, 4) is 5.75 Å². The number of rotatable bonds is 7. The van der Waals surface area contributed by atoms with Gasteiger partial charge in [-0.25, -0.2) is 4.79 Å². The molecular formula is C30H31NO4. The van der Waals surface area contributed by atoms with Gasteiger partial charge in [-0.3, -0.25) is 0 Å².